The number of ether oxygens (including phenoxy) is 2. The molecule has 0 aliphatic heterocycles. The van der Waals surface area contributed by atoms with E-state index in [0.29, 0.717) is 11.5 Å². The molecule has 1 atom stereocenters. The number of hydrogen-bond acceptors (Lipinski definition) is 6. The zero-order valence-electron chi connectivity index (χ0n) is 14.5. The molecule has 2 aromatic rings. The van der Waals surface area contributed by atoms with Gasteiger partial charge in [-0.25, -0.2) is 5.84 Å². The fourth-order valence-electron chi connectivity index (χ4n) is 2.40. The number of rotatable bonds is 7. The predicted molar refractivity (Wildman–Crippen MR) is 94.9 cm³/mol. The number of phenols is 1. The van der Waals surface area contributed by atoms with E-state index < -0.39 is 17.9 Å². The molecular formula is C18H21N3O5. The lowest BCUT2D eigenvalue weighted by Gasteiger charge is -2.18. The van der Waals surface area contributed by atoms with Gasteiger partial charge in [0.2, 0.25) is 0 Å². The van der Waals surface area contributed by atoms with Crippen LogP contribution >= 0.6 is 0 Å². The maximum Gasteiger partial charge on any atom is 0.256 e. The van der Waals surface area contributed by atoms with Gasteiger partial charge in [-0.15, -0.1) is 0 Å². The number of aromatic hydroxyl groups is 1. The number of phenolic OH excluding ortho intramolecular Hbond substituents is 1. The molecule has 8 nitrogen and oxygen atoms in total. The molecule has 5 N–H and O–H groups in total. The normalized spacial score (nSPS) is 11.3. The van der Waals surface area contributed by atoms with Crippen molar-refractivity contribution in [3.05, 3.63) is 53.6 Å². The second-order valence-electron chi connectivity index (χ2n) is 5.47. The van der Waals surface area contributed by atoms with Crippen molar-refractivity contribution in [1.29, 1.82) is 0 Å². The quantitative estimate of drug-likeness (QED) is 0.328. The van der Waals surface area contributed by atoms with E-state index in [9.17, 15) is 14.7 Å². The highest BCUT2D eigenvalue weighted by Crippen LogP contribution is 2.24. The van der Waals surface area contributed by atoms with Crippen molar-refractivity contribution in [2.24, 2.45) is 5.84 Å². The Morgan fingerprint density at radius 2 is 1.81 bits per heavy atom. The standard InChI is InChI=1S/C18H21N3O5/c1-25-13-7-8-14(16(10-13)26-2)17(23)20-15(18(24)21-19)9-11-3-5-12(22)6-4-11/h3-8,10,15,22H,9,19H2,1-2H3,(H,20,23)(H,21,24)/t15-/m0/s1. The van der Waals surface area contributed by atoms with Crippen LogP contribution in [0.5, 0.6) is 17.2 Å². The number of carbonyl (C=O) groups excluding carboxylic acids is 2. The minimum atomic E-state index is -0.899. The van der Waals surface area contributed by atoms with Crippen LogP contribution in [0.4, 0.5) is 0 Å². The lowest BCUT2D eigenvalue weighted by molar-refractivity contribution is -0.123. The number of carbonyl (C=O) groups is 2. The average Bonchev–Trinajstić information content (AvgIpc) is 2.67. The summed E-state index contributed by atoms with van der Waals surface area (Å²) in [6, 6.07) is 10.2. The number of hydrazine groups is 1. The summed E-state index contributed by atoms with van der Waals surface area (Å²) in [7, 11) is 2.94. The minimum Gasteiger partial charge on any atom is -0.508 e. The monoisotopic (exact) mass is 359 g/mol. The summed E-state index contributed by atoms with van der Waals surface area (Å²) in [4.78, 5) is 24.7. The molecule has 138 valence electrons. The lowest BCUT2D eigenvalue weighted by atomic mass is 10.0. The molecule has 0 saturated heterocycles. The highest BCUT2D eigenvalue weighted by molar-refractivity contribution is 5.99. The summed E-state index contributed by atoms with van der Waals surface area (Å²) >= 11 is 0. The summed E-state index contributed by atoms with van der Waals surface area (Å²) in [5.74, 6) is 5.17. The van der Waals surface area contributed by atoms with E-state index in [1.165, 1.54) is 26.4 Å². The first-order valence-corrected chi connectivity index (χ1v) is 7.79. The Morgan fingerprint density at radius 3 is 2.38 bits per heavy atom. The number of nitrogens with one attached hydrogen (secondary N) is 2. The number of nitrogens with two attached hydrogens (primary N) is 1. The first-order valence-electron chi connectivity index (χ1n) is 7.79. The second kappa shape index (κ2) is 8.72. The second-order valence-corrected chi connectivity index (χ2v) is 5.47. The van der Waals surface area contributed by atoms with Crippen LogP contribution < -0.4 is 26.1 Å². The van der Waals surface area contributed by atoms with E-state index in [1.54, 1.807) is 30.3 Å². The molecule has 0 aliphatic carbocycles. The zero-order valence-corrected chi connectivity index (χ0v) is 14.5. The molecule has 0 radical (unpaired) electrons. The van der Waals surface area contributed by atoms with Crippen LogP contribution in [0.15, 0.2) is 42.5 Å². The summed E-state index contributed by atoms with van der Waals surface area (Å²) in [5.41, 5.74) is 3.05. The maximum atomic E-state index is 12.6. The van der Waals surface area contributed by atoms with Gasteiger partial charge < -0.3 is 19.9 Å². The van der Waals surface area contributed by atoms with Gasteiger partial charge >= 0.3 is 0 Å². The van der Waals surface area contributed by atoms with Crippen LogP contribution in [0.25, 0.3) is 0 Å². The van der Waals surface area contributed by atoms with Gasteiger partial charge in [0.25, 0.3) is 11.8 Å². The average molecular weight is 359 g/mol. The van der Waals surface area contributed by atoms with E-state index in [1.807, 2.05) is 5.43 Å². The van der Waals surface area contributed by atoms with Crippen molar-refractivity contribution in [3.63, 3.8) is 0 Å². The smallest absolute Gasteiger partial charge is 0.256 e. The van der Waals surface area contributed by atoms with Gasteiger partial charge in [-0.3, -0.25) is 15.0 Å². The summed E-state index contributed by atoms with van der Waals surface area (Å²) in [5, 5.41) is 12.0. The summed E-state index contributed by atoms with van der Waals surface area (Å²) in [6.45, 7) is 0. The molecule has 0 bridgehead atoms. The van der Waals surface area contributed by atoms with Crippen LogP contribution in [0.1, 0.15) is 15.9 Å². The summed E-state index contributed by atoms with van der Waals surface area (Å²) < 4.78 is 10.3. The molecule has 0 unspecified atom stereocenters. The SMILES string of the molecule is COc1ccc(C(=O)N[C@@H](Cc2ccc(O)cc2)C(=O)NN)c(OC)c1. The van der Waals surface area contributed by atoms with Crippen LogP contribution in [0, 0.1) is 0 Å². The Morgan fingerprint density at radius 1 is 1.12 bits per heavy atom. The van der Waals surface area contributed by atoms with E-state index in [2.05, 4.69) is 5.32 Å². The predicted octanol–water partition coefficient (Wildman–Crippen LogP) is 0.740. The molecule has 0 spiro atoms. The largest absolute Gasteiger partial charge is 0.508 e. The van der Waals surface area contributed by atoms with Crippen LogP contribution in [-0.2, 0) is 11.2 Å². The van der Waals surface area contributed by atoms with Crippen molar-refractivity contribution in [2.45, 2.75) is 12.5 Å². The molecule has 0 fully saturated rings. The van der Waals surface area contributed by atoms with E-state index in [4.69, 9.17) is 15.3 Å². The summed E-state index contributed by atoms with van der Waals surface area (Å²) in [6.07, 6.45) is 0.202. The number of benzene rings is 2. The molecule has 26 heavy (non-hydrogen) atoms. The topological polar surface area (TPSA) is 123 Å². The molecule has 0 aromatic heterocycles. The highest BCUT2D eigenvalue weighted by Gasteiger charge is 2.23. The number of methoxy groups -OCH3 is 2. The third-order valence-electron chi connectivity index (χ3n) is 3.79. The lowest BCUT2D eigenvalue weighted by Crippen LogP contribution is -2.50. The van der Waals surface area contributed by atoms with Crippen LogP contribution in [-0.4, -0.2) is 37.2 Å². The molecule has 8 heteroatoms. The molecule has 0 saturated carbocycles. The molecule has 2 rings (SSSR count). The van der Waals surface area contributed by atoms with Gasteiger partial charge in [-0.2, -0.15) is 0 Å². The Kier molecular flexibility index (Phi) is 6.40. The van der Waals surface area contributed by atoms with Crippen molar-refractivity contribution in [3.8, 4) is 17.2 Å². The Balaban J connectivity index is 2.21. The van der Waals surface area contributed by atoms with E-state index in [0.717, 1.165) is 5.56 Å². The van der Waals surface area contributed by atoms with Crippen molar-refractivity contribution < 1.29 is 24.2 Å². The van der Waals surface area contributed by atoms with Gasteiger partial charge in [0.05, 0.1) is 19.8 Å². The third kappa shape index (κ3) is 4.64. The maximum absolute atomic E-state index is 12.6. The fourth-order valence-corrected chi connectivity index (χ4v) is 2.40. The molecule has 2 amide bonds. The Bertz CT molecular complexity index is 777. The first-order chi connectivity index (χ1) is 12.5. The van der Waals surface area contributed by atoms with E-state index in [-0.39, 0.29) is 17.7 Å². The van der Waals surface area contributed by atoms with Crippen LogP contribution in [0.3, 0.4) is 0 Å². The van der Waals surface area contributed by atoms with Crippen molar-refractivity contribution in [1.82, 2.24) is 10.7 Å². The third-order valence-corrected chi connectivity index (χ3v) is 3.79. The van der Waals surface area contributed by atoms with Gasteiger partial charge in [0.15, 0.2) is 0 Å². The van der Waals surface area contributed by atoms with Gasteiger partial charge in [-0.1, -0.05) is 12.1 Å². The van der Waals surface area contributed by atoms with Crippen molar-refractivity contribution >= 4 is 11.8 Å². The van der Waals surface area contributed by atoms with Gasteiger partial charge in [-0.05, 0) is 29.8 Å². The fraction of sp³-hybridized carbons (Fsp3) is 0.222. The number of amides is 2. The minimum absolute atomic E-state index is 0.112. The number of hydrogen-bond donors (Lipinski definition) is 4. The zero-order chi connectivity index (χ0) is 19.1. The van der Waals surface area contributed by atoms with Crippen LogP contribution in [0.2, 0.25) is 0 Å². The molecular weight excluding hydrogens is 338 g/mol. The van der Waals surface area contributed by atoms with Gasteiger partial charge in [0, 0.05) is 12.5 Å². The molecule has 0 heterocycles. The first kappa shape index (κ1) is 19.1. The Labute approximate surface area is 150 Å². The Hall–Kier alpha value is -3.26. The van der Waals surface area contributed by atoms with Crippen molar-refractivity contribution in [2.75, 3.05) is 14.2 Å². The molecule has 2 aromatic carbocycles. The van der Waals surface area contributed by atoms with Gasteiger partial charge in [0.1, 0.15) is 23.3 Å². The molecule has 0 aliphatic rings. The highest BCUT2D eigenvalue weighted by atomic mass is 16.5. The van der Waals surface area contributed by atoms with E-state index >= 15 is 0 Å².